The molecule has 0 aliphatic carbocycles. The maximum Gasteiger partial charge on any atom is 0.407 e. The Hall–Kier alpha value is -7.42. The van der Waals surface area contributed by atoms with Crippen molar-refractivity contribution in [2.24, 2.45) is 0 Å². The lowest BCUT2D eigenvalue weighted by atomic mass is 9.77. The van der Waals surface area contributed by atoms with Crippen LogP contribution in [0, 0.1) is 0 Å². The van der Waals surface area contributed by atoms with E-state index in [0.717, 1.165) is 43.4 Å². The van der Waals surface area contributed by atoms with Crippen LogP contribution in [-0.2, 0) is 47.5 Å². The van der Waals surface area contributed by atoms with Crippen molar-refractivity contribution in [3.8, 4) is 0 Å². The standard InChI is InChI=1S/C57H60N8O4S2/c1-41(2)54-61-50(38-70-54)35-64(3)55(67)63-52(33-49-36-65(39-59-49)57(44-23-13-6-14-24-44,45-25-15-7-16-26-45)46-27-17-8-18-28-46)53(66)60-47(31-42-19-9-4-10-20-42)29-30-48(32-43-21-11-5-12-22-43)62-56(68)69-37-51-34-58-40-71-51/h4-28,34,36,38-41,47-48,52H,29-33,35,37H2,1-3H3,(H,60,66)(H,62,68)(H,63,67). The fraction of sp³-hybridized carbons (Fsp3) is 0.263. The van der Waals surface area contributed by atoms with Crippen LogP contribution in [0.4, 0.5) is 9.59 Å². The molecule has 3 unspecified atom stereocenters. The van der Waals surface area contributed by atoms with E-state index in [0.29, 0.717) is 31.4 Å². The van der Waals surface area contributed by atoms with Gasteiger partial charge in [0.05, 0.1) is 39.7 Å². The minimum Gasteiger partial charge on any atom is -0.444 e. The van der Waals surface area contributed by atoms with Crippen molar-refractivity contribution in [1.82, 2.24) is 40.4 Å². The van der Waals surface area contributed by atoms with E-state index in [1.807, 2.05) is 133 Å². The number of urea groups is 1. The number of hydrogen-bond acceptors (Lipinski definition) is 9. The molecule has 8 rings (SSSR count). The van der Waals surface area contributed by atoms with E-state index in [2.05, 4.69) is 75.7 Å². The number of carbonyl (C=O) groups is 3. The highest BCUT2D eigenvalue weighted by Crippen LogP contribution is 2.41. The van der Waals surface area contributed by atoms with E-state index in [-0.39, 0.29) is 43.5 Å². The number of amides is 4. The third-order valence-electron chi connectivity index (χ3n) is 12.4. The Morgan fingerprint density at radius 3 is 1.72 bits per heavy atom. The Bertz CT molecular complexity index is 2780. The lowest BCUT2D eigenvalue weighted by Crippen LogP contribution is -2.53. The second-order valence-corrected chi connectivity index (χ2v) is 19.9. The van der Waals surface area contributed by atoms with Crippen molar-refractivity contribution in [3.05, 3.63) is 230 Å². The summed E-state index contributed by atoms with van der Waals surface area (Å²) >= 11 is 3.00. The van der Waals surface area contributed by atoms with E-state index in [4.69, 9.17) is 14.7 Å². The number of benzene rings is 5. The van der Waals surface area contributed by atoms with Crippen LogP contribution in [-0.4, -0.2) is 67.6 Å². The van der Waals surface area contributed by atoms with E-state index >= 15 is 4.79 Å². The number of thiazole rings is 2. The molecule has 8 aromatic rings. The number of imidazole rings is 1. The topological polar surface area (TPSA) is 143 Å². The molecular weight excluding hydrogens is 925 g/mol. The average molecular weight is 985 g/mol. The van der Waals surface area contributed by atoms with Gasteiger partial charge in [-0.25, -0.2) is 19.6 Å². The molecule has 3 heterocycles. The van der Waals surface area contributed by atoms with Crippen LogP contribution in [0.1, 0.15) is 81.7 Å². The van der Waals surface area contributed by atoms with Crippen LogP contribution in [0.5, 0.6) is 0 Å². The molecule has 3 aromatic heterocycles. The largest absolute Gasteiger partial charge is 0.444 e. The van der Waals surface area contributed by atoms with Crippen LogP contribution in [0.25, 0.3) is 0 Å². The number of alkyl carbamates (subject to hydrolysis) is 1. The number of aromatic nitrogens is 4. The smallest absolute Gasteiger partial charge is 0.407 e. The van der Waals surface area contributed by atoms with E-state index in [1.165, 1.54) is 11.3 Å². The molecule has 0 saturated carbocycles. The van der Waals surface area contributed by atoms with Gasteiger partial charge in [0.15, 0.2) is 0 Å². The molecule has 4 amide bonds. The summed E-state index contributed by atoms with van der Waals surface area (Å²) in [4.78, 5) is 58.8. The number of carbonyl (C=O) groups excluding carboxylic acids is 3. The van der Waals surface area contributed by atoms with Gasteiger partial charge in [0, 0.05) is 49.2 Å². The minimum absolute atomic E-state index is 0.100. The van der Waals surface area contributed by atoms with Crippen molar-refractivity contribution in [1.29, 1.82) is 0 Å². The van der Waals surface area contributed by atoms with Gasteiger partial charge >= 0.3 is 12.1 Å². The quantitative estimate of drug-likeness (QED) is 0.0574. The molecule has 14 heteroatoms. The fourth-order valence-electron chi connectivity index (χ4n) is 8.90. The molecule has 12 nitrogen and oxygen atoms in total. The lowest BCUT2D eigenvalue weighted by molar-refractivity contribution is -0.123. The first-order valence-electron chi connectivity index (χ1n) is 24.0. The van der Waals surface area contributed by atoms with Gasteiger partial charge in [-0.1, -0.05) is 166 Å². The summed E-state index contributed by atoms with van der Waals surface area (Å²) in [6.45, 7) is 4.58. The third-order valence-corrected chi connectivity index (χ3v) is 14.4. The zero-order valence-electron chi connectivity index (χ0n) is 40.3. The summed E-state index contributed by atoms with van der Waals surface area (Å²) in [5, 5.41) is 12.5. The molecule has 0 saturated heterocycles. The monoisotopic (exact) mass is 984 g/mol. The van der Waals surface area contributed by atoms with Crippen molar-refractivity contribution in [3.63, 3.8) is 0 Å². The number of nitrogens with zero attached hydrogens (tertiary/aromatic N) is 5. The van der Waals surface area contributed by atoms with Crippen molar-refractivity contribution < 1.29 is 19.1 Å². The van der Waals surface area contributed by atoms with Crippen LogP contribution < -0.4 is 16.0 Å². The van der Waals surface area contributed by atoms with E-state index in [1.54, 1.807) is 35.0 Å². The molecule has 71 heavy (non-hydrogen) atoms. The Morgan fingerprint density at radius 2 is 1.21 bits per heavy atom. The number of hydrogen-bond donors (Lipinski definition) is 3. The van der Waals surface area contributed by atoms with Gasteiger partial charge in [-0.05, 0) is 53.5 Å². The average Bonchev–Trinajstić information content (AvgIpc) is 4.21. The summed E-state index contributed by atoms with van der Waals surface area (Å²) in [5.74, 6) is -0.0867. The van der Waals surface area contributed by atoms with Crippen LogP contribution in [0.3, 0.4) is 0 Å². The minimum atomic E-state index is -1.02. The lowest BCUT2D eigenvalue weighted by Gasteiger charge is -2.37. The first kappa shape index (κ1) is 50.0. The van der Waals surface area contributed by atoms with Gasteiger partial charge in [0.25, 0.3) is 0 Å². The third kappa shape index (κ3) is 13.3. The van der Waals surface area contributed by atoms with Crippen molar-refractivity contribution in [2.75, 3.05) is 7.05 Å². The van der Waals surface area contributed by atoms with E-state index < -0.39 is 23.7 Å². The molecule has 3 atom stereocenters. The van der Waals surface area contributed by atoms with Gasteiger partial charge in [-0.2, -0.15) is 0 Å². The SMILES string of the molecule is CC(C)c1nc(CN(C)C(=O)NC(Cc2cn(C(c3ccccc3)(c3ccccc3)c3ccccc3)cn2)C(=O)NC(CCC(Cc2ccccc2)NC(=O)OCc2cncs2)Cc2ccccc2)cs1. The maximum absolute atomic E-state index is 15.0. The van der Waals surface area contributed by atoms with Gasteiger partial charge in [0.1, 0.15) is 18.2 Å². The van der Waals surface area contributed by atoms with Gasteiger partial charge in [-0.15, -0.1) is 22.7 Å². The second kappa shape index (κ2) is 24.4. The Kier molecular flexibility index (Phi) is 17.2. The summed E-state index contributed by atoms with van der Waals surface area (Å²) < 4.78 is 7.72. The van der Waals surface area contributed by atoms with Gasteiger partial charge in [-0.3, -0.25) is 9.78 Å². The summed E-state index contributed by atoms with van der Waals surface area (Å²) in [6, 6.07) is 48.9. The molecule has 0 spiro atoms. The normalized spacial score (nSPS) is 12.7. The summed E-state index contributed by atoms with van der Waals surface area (Å²) in [6.07, 6.45) is 7.19. The summed E-state index contributed by atoms with van der Waals surface area (Å²) in [7, 11) is 1.71. The first-order chi connectivity index (χ1) is 34.6. The molecule has 0 radical (unpaired) electrons. The molecule has 0 bridgehead atoms. The Labute approximate surface area is 424 Å². The van der Waals surface area contributed by atoms with E-state index in [9.17, 15) is 9.59 Å². The molecular formula is C57H60N8O4S2. The first-order valence-corrected chi connectivity index (χ1v) is 25.7. The predicted molar refractivity (Wildman–Crippen MR) is 281 cm³/mol. The van der Waals surface area contributed by atoms with Gasteiger partial charge in [0.2, 0.25) is 5.91 Å². The molecule has 5 aromatic carbocycles. The zero-order valence-corrected chi connectivity index (χ0v) is 41.9. The van der Waals surface area contributed by atoms with Gasteiger partial charge < -0.3 is 30.2 Å². The number of rotatable bonds is 22. The highest BCUT2D eigenvalue weighted by molar-refractivity contribution is 7.09. The zero-order chi connectivity index (χ0) is 49.4. The molecule has 0 aliphatic heterocycles. The highest BCUT2D eigenvalue weighted by Gasteiger charge is 2.39. The highest BCUT2D eigenvalue weighted by atomic mass is 32.1. The van der Waals surface area contributed by atoms with Crippen LogP contribution >= 0.6 is 22.7 Å². The molecule has 0 fully saturated rings. The maximum atomic E-state index is 15.0. The predicted octanol–water partition coefficient (Wildman–Crippen LogP) is 10.6. The molecule has 364 valence electrons. The van der Waals surface area contributed by atoms with Crippen molar-refractivity contribution >= 4 is 40.7 Å². The number of ether oxygens (including phenoxy) is 1. The molecule has 0 aliphatic rings. The van der Waals surface area contributed by atoms with Crippen LogP contribution in [0.2, 0.25) is 0 Å². The van der Waals surface area contributed by atoms with Crippen molar-refractivity contribution in [2.45, 2.75) is 88.7 Å². The second-order valence-electron chi connectivity index (χ2n) is 18.0. The summed E-state index contributed by atoms with van der Waals surface area (Å²) in [5.41, 5.74) is 7.47. The Balaban J connectivity index is 1.09. The number of nitrogens with one attached hydrogen (secondary N) is 3. The Morgan fingerprint density at radius 1 is 0.676 bits per heavy atom. The fourth-order valence-corrected chi connectivity index (χ4v) is 10.2. The van der Waals surface area contributed by atoms with Crippen LogP contribution in [0.15, 0.2) is 181 Å². The molecule has 3 N–H and O–H groups in total.